The van der Waals surface area contributed by atoms with Crippen molar-refractivity contribution in [3.05, 3.63) is 35.3 Å². The van der Waals surface area contributed by atoms with Crippen LogP contribution < -0.4 is 15.4 Å². The number of carbonyl (C=O) groups excluding carboxylic acids is 2. The molecule has 1 aromatic carbocycles. The lowest BCUT2D eigenvalue weighted by Crippen LogP contribution is -2.17. The first-order chi connectivity index (χ1) is 12.5. The molecule has 2 aromatic rings. The summed E-state index contributed by atoms with van der Waals surface area (Å²) in [6.45, 7) is 6.65. The van der Waals surface area contributed by atoms with E-state index in [1.807, 2.05) is 32.9 Å². The van der Waals surface area contributed by atoms with Gasteiger partial charge in [-0.3, -0.25) is 10.1 Å². The van der Waals surface area contributed by atoms with Crippen LogP contribution in [0.15, 0.2) is 29.6 Å². The van der Waals surface area contributed by atoms with Gasteiger partial charge in [0.2, 0.25) is 5.91 Å². The summed E-state index contributed by atoms with van der Waals surface area (Å²) in [7, 11) is 0. The summed E-state index contributed by atoms with van der Waals surface area (Å²) in [5.41, 5.74) is 1.19. The fraction of sp³-hybridized carbons (Fsp3) is 0.389. The molecule has 0 aliphatic carbocycles. The lowest BCUT2D eigenvalue weighted by Gasteiger charge is -2.10. The molecule has 1 heterocycles. The summed E-state index contributed by atoms with van der Waals surface area (Å²) in [6.07, 6.45) is -0.450. The largest absolute Gasteiger partial charge is 0.492 e. The molecular formula is C18H23N3O4S. The highest BCUT2D eigenvalue weighted by atomic mass is 32.1. The van der Waals surface area contributed by atoms with Crippen LogP contribution in [0.25, 0.3) is 0 Å². The maximum absolute atomic E-state index is 12.2. The second kappa shape index (κ2) is 9.76. The lowest BCUT2D eigenvalue weighted by atomic mass is 10.2. The molecule has 0 saturated carbocycles. The van der Waals surface area contributed by atoms with E-state index in [0.717, 1.165) is 0 Å². The van der Waals surface area contributed by atoms with Gasteiger partial charge in [-0.05, 0) is 25.0 Å². The van der Waals surface area contributed by atoms with Crippen LogP contribution in [-0.4, -0.2) is 30.2 Å². The number of para-hydroxylation sites is 2. The van der Waals surface area contributed by atoms with E-state index in [1.54, 1.807) is 17.5 Å². The van der Waals surface area contributed by atoms with Gasteiger partial charge in [-0.1, -0.05) is 26.0 Å². The number of ether oxygens (including phenoxy) is 2. The molecule has 0 radical (unpaired) electrons. The van der Waals surface area contributed by atoms with E-state index in [0.29, 0.717) is 35.5 Å². The number of nitrogens with zero attached hydrogens (tertiary/aromatic N) is 1. The summed E-state index contributed by atoms with van der Waals surface area (Å²) >= 11 is 1.24. The molecule has 0 spiro atoms. The number of amides is 2. The van der Waals surface area contributed by atoms with E-state index < -0.39 is 6.09 Å². The van der Waals surface area contributed by atoms with Crippen molar-refractivity contribution < 1.29 is 19.1 Å². The van der Waals surface area contributed by atoms with Gasteiger partial charge in [0.1, 0.15) is 5.75 Å². The van der Waals surface area contributed by atoms with Crippen molar-refractivity contribution in [2.75, 3.05) is 23.8 Å². The predicted octanol–water partition coefficient (Wildman–Crippen LogP) is 3.93. The first kappa shape index (κ1) is 19.7. The molecule has 0 bridgehead atoms. The molecular weight excluding hydrogens is 354 g/mol. The van der Waals surface area contributed by atoms with Gasteiger partial charge in [0, 0.05) is 5.38 Å². The minimum atomic E-state index is -0.547. The second-order valence-electron chi connectivity index (χ2n) is 5.92. The summed E-state index contributed by atoms with van der Waals surface area (Å²) in [6, 6.07) is 7.25. The van der Waals surface area contributed by atoms with Crippen LogP contribution in [0.3, 0.4) is 0 Å². The topological polar surface area (TPSA) is 89.6 Å². The first-order valence-corrected chi connectivity index (χ1v) is 9.25. The van der Waals surface area contributed by atoms with Gasteiger partial charge in [-0.25, -0.2) is 9.78 Å². The van der Waals surface area contributed by atoms with Crippen molar-refractivity contribution in [1.29, 1.82) is 0 Å². The van der Waals surface area contributed by atoms with E-state index in [9.17, 15) is 9.59 Å². The van der Waals surface area contributed by atoms with Crippen molar-refractivity contribution in [3.63, 3.8) is 0 Å². The Hall–Kier alpha value is -2.61. The molecule has 2 N–H and O–H groups in total. The maximum Gasteiger partial charge on any atom is 0.413 e. The third kappa shape index (κ3) is 6.36. The number of hydrogen-bond donors (Lipinski definition) is 2. The average molecular weight is 377 g/mol. The monoisotopic (exact) mass is 377 g/mol. The summed E-state index contributed by atoms with van der Waals surface area (Å²) in [5.74, 6) is 0.670. The molecule has 7 nitrogen and oxygen atoms in total. The molecule has 0 atom stereocenters. The molecule has 0 aliphatic heterocycles. The maximum atomic E-state index is 12.2. The van der Waals surface area contributed by atoms with Crippen molar-refractivity contribution in [3.8, 4) is 5.75 Å². The molecule has 0 saturated heterocycles. The number of benzene rings is 1. The van der Waals surface area contributed by atoms with Crippen LogP contribution in [-0.2, 0) is 16.0 Å². The second-order valence-corrected chi connectivity index (χ2v) is 6.77. The Morgan fingerprint density at radius 1 is 1.23 bits per heavy atom. The molecule has 0 aliphatic rings. The highest BCUT2D eigenvalue weighted by molar-refractivity contribution is 7.13. The minimum Gasteiger partial charge on any atom is -0.492 e. The van der Waals surface area contributed by atoms with E-state index in [4.69, 9.17) is 9.47 Å². The molecule has 1 aromatic heterocycles. The number of anilines is 2. The van der Waals surface area contributed by atoms with Crippen molar-refractivity contribution >= 4 is 34.2 Å². The number of hydrogen-bond acceptors (Lipinski definition) is 6. The highest BCUT2D eigenvalue weighted by Crippen LogP contribution is 2.24. The SMILES string of the molecule is CCOc1ccccc1NC(=O)Cc1csc(NC(=O)OCC(C)C)n1. The number of aromatic nitrogens is 1. The van der Waals surface area contributed by atoms with Gasteiger partial charge < -0.3 is 14.8 Å². The molecule has 0 fully saturated rings. The Bertz CT molecular complexity index is 746. The van der Waals surface area contributed by atoms with Crippen molar-refractivity contribution in [2.45, 2.75) is 27.2 Å². The van der Waals surface area contributed by atoms with Crippen molar-refractivity contribution in [2.24, 2.45) is 5.92 Å². The van der Waals surface area contributed by atoms with E-state index in [1.165, 1.54) is 11.3 Å². The van der Waals surface area contributed by atoms with Gasteiger partial charge >= 0.3 is 6.09 Å². The Balaban J connectivity index is 1.88. The molecule has 8 heteroatoms. The fourth-order valence-corrected chi connectivity index (χ4v) is 2.72. The lowest BCUT2D eigenvalue weighted by molar-refractivity contribution is -0.115. The van der Waals surface area contributed by atoms with Crippen LogP contribution in [0.1, 0.15) is 26.5 Å². The third-order valence-corrected chi connectivity index (χ3v) is 3.92. The standard InChI is InChI=1S/C18H23N3O4S/c1-4-24-15-8-6-5-7-14(15)20-16(22)9-13-11-26-17(19-13)21-18(23)25-10-12(2)3/h5-8,11-12H,4,9-10H2,1-3H3,(H,20,22)(H,19,21,23). The highest BCUT2D eigenvalue weighted by Gasteiger charge is 2.12. The van der Waals surface area contributed by atoms with Crippen molar-refractivity contribution in [1.82, 2.24) is 4.98 Å². The van der Waals surface area contributed by atoms with E-state index >= 15 is 0 Å². The van der Waals surface area contributed by atoms with Gasteiger partial charge in [0.25, 0.3) is 0 Å². The number of carbonyl (C=O) groups is 2. The molecule has 2 rings (SSSR count). The smallest absolute Gasteiger partial charge is 0.413 e. The van der Waals surface area contributed by atoms with Crippen LogP contribution in [0, 0.1) is 5.92 Å². The van der Waals surface area contributed by atoms with Gasteiger partial charge in [0.05, 0.1) is 31.0 Å². The van der Waals surface area contributed by atoms with E-state index in [-0.39, 0.29) is 18.2 Å². The van der Waals surface area contributed by atoms with Gasteiger partial charge in [-0.15, -0.1) is 11.3 Å². The van der Waals surface area contributed by atoms with Gasteiger partial charge in [0.15, 0.2) is 5.13 Å². The molecule has 0 unspecified atom stereocenters. The zero-order valence-corrected chi connectivity index (χ0v) is 15.9. The quantitative estimate of drug-likeness (QED) is 0.727. The van der Waals surface area contributed by atoms with E-state index in [2.05, 4.69) is 15.6 Å². The normalized spacial score (nSPS) is 10.5. The molecule has 26 heavy (non-hydrogen) atoms. The molecule has 140 valence electrons. The number of nitrogens with one attached hydrogen (secondary N) is 2. The number of rotatable bonds is 8. The summed E-state index contributed by atoms with van der Waals surface area (Å²) in [5, 5.41) is 7.50. The first-order valence-electron chi connectivity index (χ1n) is 8.37. The Labute approximate surface area is 156 Å². The Morgan fingerprint density at radius 2 is 2.00 bits per heavy atom. The molecule has 2 amide bonds. The Kier molecular flexibility index (Phi) is 7.40. The van der Waals surface area contributed by atoms with Crippen LogP contribution in [0.2, 0.25) is 0 Å². The van der Waals surface area contributed by atoms with Crippen LogP contribution >= 0.6 is 11.3 Å². The van der Waals surface area contributed by atoms with Crippen LogP contribution in [0.4, 0.5) is 15.6 Å². The predicted molar refractivity (Wildman–Crippen MR) is 102 cm³/mol. The summed E-state index contributed by atoms with van der Waals surface area (Å²) in [4.78, 5) is 28.1. The summed E-state index contributed by atoms with van der Waals surface area (Å²) < 4.78 is 10.5. The zero-order valence-electron chi connectivity index (χ0n) is 15.1. The fourth-order valence-electron chi connectivity index (χ4n) is 2.02. The number of thiazole rings is 1. The average Bonchev–Trinajstić information content (AvgIpc) is 3.01. The zero-order chi connectivity index (χ0) is 18.9. The third-order valence-electron chi connectivity index (χ3n) is 3.11. The Morgan fingerprint density at radius 3 is 2.73 bits per heavy atom. The van der Waals surface area contributed by atoms with Gasteiger partial charge in [-0.2, -0.15) is 0 Å². The minimum absolute atomic E-state index is 0.0969. The van der Waals surface area contributed by atoms with Crippen LogP contribution in [0.5, 0.6) is 5.75 Å².